The SMILES string of the molecule is O=c1cc([C@@H]2CC[C@H](c3ccccc3)C[C@H]2C2CCC(F)(F)CC2)[nH]c2ccncc12. The third-order valence-electron chi connectivity index (χ3n) is 7.59. The molecule has 3 nitrogen and oxygen atoms in total. The molecule has 5 rings (SSSR count). The van der Waals surface area contributed by atoms with Gasteiger partial charge in [-0.25, -0.2) is 8.78 Å². The number of nitrogens with zero attached hydrogens (tertiary/aromatic N) is 1. The number of alkyl halides is 2. The van der Waals surface area contributed by atoms with Crippen LogP contribution in [-0.2, 0) is 0 Å². The molecule has 162 valence electrons. The van der Waals surface area contributed by atoms with Crippen molar-refractivity contribution in [3.8, 4) is 0 Å². The number of rotatable bonds is 3. The first-order valence-corrected chi connectivity index (χ1v) is 11.4. The lowest BCUT2D eigenvalue weighted by Crippen LogP contribution is -2.34. The molecule has 31 heavy (non-hydrogen) atoms. The first-order chi connectivity index (χ1) is 15.0. The molecule has 0 amide bonds. The van der Waals surface area contributed by atoms with Crippen molar-refractivity contribution in [3.05, 3.63) is 76.3 Å². The molecule has 1 N–H and O–H groups in total. The quantitative estimate of drug-likeness (QED) is 0.530. The van der Waals surface area contributed by atoms with Crippen molar-refractivity contribution in [2.24, 2.45) is 11.8 Å². The minimum Gasteiger partial charge on any atom is -0.358 e. The van der Waals surface area contributed by atoms with Gasteiger partial charge in [-0.1, -0.05) is 30.3 Å². The molecular formula is C26H28F2N2O. The van der Waals surface area contributed by atoms with Crippen LogP contribution in [0.25, 0.3) is 10.9 Å². The molecule has 2 fully saturated rings. The maximum Gasteiger partial charge on any atom is 0.248 e. The van der Waals surface area contributed by atoms with Gasteiger partial charge in [0.2, 0.25) is 5.92 Å². The van der Waals surface area contributed by atoms with Crippen LogP contribution in [0.3, 0.4) is 0 Å². The van der Waals surface area contributed by atoms with E-state index in [1.165, 1.54) is 5.56 Å². The van der Waals surface area contributed by atoms with Gasteiger partial charge in [-0.05, 0) is 61.5 Å². The lowest BCUT2D eigenvalue weighted by atomic mass is 9.63. The highest BCUT2D eigenvalue weighted by Gasteiger charge is 2.42. The van der Waals surface area contributed by atoms with Crippen LogP contribution < -0.4 is 5.43 Å². The molecule has 2 saturated carbocycles. The summed E-state index contributed by atoms with van der Waals surface area (Å²) in [5.74, 6) is -1.31. The van der Waals surface area contributed by atoms with Gasteiger partial charge in [0.25, 0.3) is 0 Å². The minimum atomic E-state index is -2.52. The second-order valence-corrected chi connectivity index (χ2v) is 9.39. The largest absolute Gasteiger partial charge is 0.358 e. The fourth-order valence-electron chi connectivity index (χ4n) is 5.94. The summed E-state index contributed by atoms with van der Waals surface area (Å²) in [5, 5.41) is 0.595. The van der Waals surface area contributed by atoms with Gasteiger partial charge < -0.3 is 4.98 Å². The van der Waals surface area contributed by atoms with Gasteiger partial charge in [-0.3, -0.25) is 9.78 Å². The third-order valence-corrected chi connectivity index (χ3v) is 7.59. The van der Waals surface area contributed by atoms with Crippen LogP contribution in [0.5, 0.6) is 0 Å². The molecule has 0 radical (unpaired) electrons. The molecule has 0 saturated heterocycles. The second kappa shape index (κ2) is 8.18. The van der Waals surface area contributed by atoms with E-state index in [4.69, 9.17) is 0 Å². The summed E-state index contributed by atoms with van der Waals surface area (Å²) in [7, 11) is 0. The molecule has 1 aromatic carbocycles. The molecule has 2 aliphatic carbocycles. The number of halogens is 2. The molecule has 3 aromatic rings. The van der Waals surface area contributed by atoms with E-state index in [0.717, 1.165) is 30.5 Å². The number of H-pyrrole nitrogens is 1. The van der Waals surface area contributed by atoms with Crippen molar-refractivity contribution in [2.75, 3.05) is 0 Å². The lowest BCUT2D eigenvalue weighted by Gasteiger charge is -2.43. The van der Waals surface area contributed by atoms with Crippen molar-refractivity contribution < 1.29 is 8.78 Å². The van der Waals surface area contributed by atoms with Crippen molar-refractivity contribution >= 4 is 10.9 Å². The Hall–Kier alpha value is -2.56. The topological polar surface area (TPSA) is 45.8 Å². The molecule has 0 bridgehead atoms. The Labute approximate surface area is 180 Å². The van der Waals surface area contributed by atoms with E-state index in [-0.39, 0.29) is 30.1 Å². The van der Waals surface area contributed by atoms with Crippen LogP contribution in [0.2, 0.25) is 0 Å². The summed E-state index contributed by atoms with van der Waals surface area (Å²) in [5.41, 5.74) is 3.08. The number of aromatic amines is 1. The van der Waals surface area contributed by atoms with Gasteiger partial charge in [0.05, 0.1) is 10.9 Å². The smallest absolute Gasteiger partial charge is 0.248 e. The van der Waals surface area contributed by atoms with Gasteiger partial charge in [-0.15, -0.1) is 0 Å². The van der Waals surface area contributed by atoms with Gasteiger partial charge >= 0.3 is 0 Å². The average Bonchev–Trinajstić information content (AvgIpc) is 2.79. The van der Waals surface area contributed by atoms with Gasteiger partial charge in [0.1, 0.15) is 0 Å². The Kier molecular flexibility index (Phi) is 5.37. The highest BCUT2D eigenvalue weighted by molar-refractivity contribution is 5.77. The fourth-order valence-corrected chi connectivity index (χ4v) is 5.94. The summed E-state index contributed by atoms with van der Waals surface area (Å²) in [4.78, 5) is 20.3. The predicted molar refractivity (Wildman–Crippen MR) is 119 cm³/mol. The average molecular weight is 423 g/mol. The van der Waals surface area contributed by atoms with E-state index in [1.807, 2.05) is 12.1 Å². The van der Waals surface area contributed by atoms with Crippen molar-refractivity contribution in [1.82, 2.24) is 9.97 Å². The lowest BCUT2D eigenvalue weighted by molar-refractivity contribution is -0.0563. The Balaban J connectivity index is 1.49. The molecule has 2 aliphatic rings. The highest BCUT2D eigenvalue weighted by Crippen LogP contribution is 2.51. The number of pyridine rings is 2. The molecular weight excluding hydrogens is 394 g/mol. The summed E-state index contributed by atoms with van der Waals surface area (Å²) in [6, 6.07) is 14.1. The summed E-state index contributed by atoms with van der Waals surface area (Å²) >= 11 is 0. The molecule has 2 heterocycles. The predicted octanol–water partition coefficient (Wildman–Crippen LogP) is 6.42. The monoisotopic (exact) mass is 422 g/mol. The van der Waals surface area contributed by atoms with Crippen LogP contribution in [0.15, 0.2) is 59.7 Å². The number of hydrogen-bond acceptors (Lipinski definition) is 2. The summed E-state index contributed by atoms with van der Waals surface area (Å²) in [6.45, 7) is 0. The number of benzene rings is 1. The maximum absolute atomic E-state index is 13.9. The van der Waals surface area contributed by atoms with E-state index < -0.39 is 5.92 Å². The zero-order chi connectivity index (χ0) is 21.4. The first-order valence-electron chi connectivity index (χ1n) is 11.4. The normalized spacial score (nSPS) is 26.7. The second-order valence-electron chi connectivity index (χ2n) is 9.39. The third kappa shape index (κ3) is 4.15. The Morgan fingerprint density at radius 2 is 1.77 bits per heavy atom. The van der Waals surface area contributed by atoms with Crippen LogP contribution in [0.1, 0.15) is 68.0 Å². The maximum atomic E-state index is 13.9. The van der Waals surface area contributed by atoms with E-state index in [2.05, 4.69) is 34.2 Å². The van der Waals surface area contributed by atoms with Gasteiger partial charge in [-0.2, -0.15) is 0 Å². The zero-order valence-electron chi connectivity index (χ0n) is 17.6. The molecule has 0 unspecified atom stereocenters. The number of fused-ring (bicyclic) bond motifs is 1. The molecule has 0 spiro atoms. The first kappa shape index (κ1) is 20.3. The van der Waals surface area contributed by atoms with Crippen LogP contribution in [-0.4, -0.2) is 15.9 Å². The van der Waals surface area contributed by atoms with E-state index in [1.54, 1.807) is 18.5 Å². The molecule has 2 aromatic heterocycles. The van der Waals surface area contributed by atoms with E-state index >= 15 is 0 Å². The molecule has 5 heteroatoms. The van der Waals surface area contributed by atoms with Crippen molar-refractivity contribution in [2.45, 2.75) is 62.7 Å². The van der Waals surface area contributed by atoms with Gasteiger partial charge in [0, 0.05) is 42.9 Å². The Morgan fingerprint density at radius 1 is 1.00 bits per heavy atom. The Bertz CT molecular complexity index is 1100. The fraction of sp³-hybridized carbons (Fsp3) is 0.462. The minimum absolute atomic E-state index is 0.0171. The Morgan fingerprint density at radius 3 is 2.55 bits per heavy atom. The number of nitrogens with one attached hydrogen (secondary N) is 1. The van der Waals surface area contributed by atoms with E-state index in [0.29, 0.717) is 30.1 Å². The standard InChI is InChI=1S/C26H28F2N2O/c27-26(28)11-8-18(9-12-26)21-14-19(17-4-2-1-3-5-17)6-7-20(21)24-15-25(31)22-16-29-13-10-23(22)30-24/h1-5,10,13,15-16,18-21H,6-9,11-12,14H2,(H,30,31)/t19-,20+,21-/m0/s1. The summed E-state index contributed by atoms with van der Waals surface area (Å²) in [6.07, 6.45) is 7.39. The van der Waals surface area contributed by atoms with Gasteiger partial charge in [0.15, 0.2) is 5.43 Å². The van der Waals surface area contributed by atoms with Crippen LogP contribution >= 0.6 is 0 Å². The summed E-state index contributed by atoms with van der Waals surface area (Å²) < 4.78 is 27.8. The van der Waals surface area contributed by atoms with Crippen molar-refractivity contribution in [3.63, 3.8) is 0 Å². The van der Waals surface area contributed by atoms with E-state index in [9.17, 15) is 13.6 Å². The molecule has 3 atom stereocenters. The van der Waals surface area contributed by atoms with Crippen LogP contribution in [0.4, 0.5) is 8.78 Å². The highest BCUT2D eigenvalue weighted by atomic mass is 19.3. The van der Waals surface area contributed by atoms with Crippen molar-refractivity contribution in [1.29, 1.82) is 0 Å². The van der Waals surface area contributed by atoms with Crippen LogP contribution in [0, 0.1) is 11.8 Å². The number of hydrogen-bond donors (Lipinski definition) is 1. The molecule has 0 aliphatic heterocycles. The zero-order valence-corrected chi connectivity index (χ0v) is 17.6. The number of aromatic nitrogens is 2.